The maximum Gasteiger partial charge on any atom is 0.230 e. The molecule has 1 amide bonds. The fourth-order valence-corrected chi connectivity index (χ4v) is 2.75. The number of nitrogens with two attached hydrogens (primary N) is 1. The molecule has 100 valence electrons. The molecule has 0 bridgehead atoms. The van der Waals surface area contributed by atoms with Crippen molar-refractivity contribution < 1.29 is 4.79 Å². The fraction of sp³-hybridized carbons (Fsp3) is 0.800. The number of nitrogens with zero attached hydrogens (tertiary/aromatic N) is 4. The van der Waals surface area contributed by atoms with Gasteiger partial charge < -0.3 is 11.1 Å². The molecule has 0 aromatic carbocycles. The van der Waals surface area contributed by atoms with E-state index in [-0.39, 0.29) is 5.91 Å². The summed E-state index contributed by atoms with van der Waals surface area (Å²) < 4.78 is 1.62. The zero-order chi connectivity index (χ0) is 12.8. The van der Waals surface area contributed by atoms with Gasteiger partial charge in [0.25, 0.3) is 0 Å². The minimum Gasteiger partial charge on any atom is -0.353 e. The van der Waals surface area contributed by atoms with E-state index in [0.717, 1.165) is 12.8 Å². The lowest BCUT2D eigenvalue weighted by Crippen LogP contribution is -2.33. The van der Waals surface area contributed by atoms with Gasteiger partial charge in [-0.3, -0.25) is 4.79 Å². The van der Waals surface area contributed by atoms with Crippen molar-refractivity contribution in [1.29, 1.82) is 0 Å². The van der Waals surface area contributed by atoms with Crippen LogP contribution in [0.4, 0.5) is 0 Å². The Morgan fingerprint density at radius 2 is 2.28 bits per heavy atom. The summed E-state index contributed by atoms with van der Waals surface area (Å²) in [5.74, 6) is 0.399. The summed E-state index contributed by atoms with van der Waals surface area (Å²) in [7, 11) is 0. The quantitative estimate of drug-likeness (QED) is 0.694. The average molecular weight is 270 g/mol. The lowest BCUT2D eigenvalue weighted by atomic mass is 10.2. The lowest BCUT2D eigenvalue weighted by molar-refractivity contribution is -0.119. The van der Waals surface area contributed by atoms with Gasteiger partial charge in [-0.15, -0.1) is 5.10 Å². The molecular weight excluding hydrogens is 252 g/mol. The first kappa shape index (κ1) is 13.3. The fourth-order valence-electron chi connectivity index (χ4n) is 2.03. The highest BCUT2D eigenvalue weighted by Crippen LogP contribution is 2.18. The first-order chi connectivity index (χ1) is 8.79. The van der Waals surface area contributed by atoms with E-state index in [4.69, 9.17) is 5.73 Å². The van der Waals surface area contributed by atoms with Gasteiger partial charge in [-0.1, -0.05) is 24.6 Å². The van der Waals surface area contributed by atoms with Gasteiger partial charge in [0.15, 0.2) is 0 Å². The predicted octanol–water partition coefficient (Wildman–Crippen LogP) is -0.217. The number of hydrogen-bond acceptors (Lipinski definition) is 6. The number of aromatic nitrogens is 4. The average Bonchev–Trinajstić information content (AvgIpc) is 2.99. The minimum absolute atomic E-state index is 0.0502. The van der Waals surface area contributed by atoms with Crippen molar-refractivity contribution in [2.45, 2.75) is 43.4 Å². The van der Waals surface area contributed by atoms with E-state index in [0.29, 0.717) is 30.0 Å². The topological polar surface area (TPSA) is 98.7 Å². The molecule has 1 aliphatic carbocycles. The smallest absolute Gasteiger partial charge is 0.230 e. The van der Waals surface area contributed by atoms with E-state index < -0.39 is 0 Å². The van der Waals surface area contributed by atoms with Crippen LogP contribution in [-0.4, -0.2) is 44.5 Å². The third-order valence-corrected chi connectivity index (χ3v) is 3.85. The highest BCUT2D eigenvalue weighted by Gasteiger charge is 2.17. The van der Waals surface area contributed by atoms with Gasteiger partial charge in [0.1, 0.15) is 0 Å². The second-order valence-electron chi connectivity index (χ2n) is 4.31. The molecule has 1 saturated carbocycles. The third-order valence-electron chi connectivity index (χ3n) is 2.89. The van der Waals surface area contributed by atoms with Crippen molar-refractivity contribution in [2.75, 3.05) is 12.3 Å². The third kappa shape index (κ3) is 3.67. The molecule has 1 aromatic rings. The van der Waals surface area contributed by atoms with Gasteiger partial charge in [0, 0.05) is 12.6 Å². The number of amides is 1. The summed E-state index contributed by atoms with van der Waals surface area (Å²) in [4.78, 5) is 11.7. The number of hydrogen-bond donors (Lipinski definition) is 2. The summed E-state index contributed by atoms with van der Waals surface area (Å²) in [5.41, 5.74) is 5.45. The molecule has 0 radical (unpaired) electrons. The Kier molecular flexibility index (Phi) is 4.94. The van der Waals surface area contributed by atoms with E-state index in [1.165, 1.54) is 24.6 Å². The Bertz CT molecular complexity index is 389. The zero-order valence-corrected chi connectivity index (χ0v) is 11.0. The van der Waals surface area contributed by atoms with Gasteiger partial charge in [-0.25, -0.2) is 4.68 Å². The number of tetrazole rings is 1. The van der Waals surface area contributed by atoms with Crippen LogP contribution in [-0.2, 0) is 11.3 Å². The monoisotopic (exact) mass is 270 g/mol. The molecule has 0 atom stereocenters. The van der Waals surface area contributed by atoms with Crippen LogP contribution in [0.3, 0.4) is 0 Å². The van der Waals surface area contributed by atoms with Crippen molar-refractivity contribution in [2.24, 2.45) is 5.73 Å². The molecular formula is C10H18N6OS. The van der Waals surface area contributed by atoms with Crippen LogP contribution in [0.25, 0.3) is 0 Å². The van der Waals surface area contributed by atoms with Crippen LogP contribution in [0.5, 0.6) is 0 Å². The predicted molar refractivity (Wildman–Crippen MR) is 68.0 cm³/mol. The molecule has 8 heteroatoms. The number of carbonyl (C=O) groups is 1. The van der Waals surface area contributed by atoms with Crippen molar-refractivity contribution in [3.8, 4) is 0 Å². The van der Waals surface area contributed by atoms with Crippen molar-refractivity contribution >= 4 is 17.7 Å². The standard InChI is InChI=1S/C10H18N6OS/c11-5-6-16-10(13-14-15-16)18-7-9(17)12-8-3-1-2-4-8/h8H,1-7,11H2,(H,12,17). The maximum absolute atomic E-state index is 11.7. The Balaban J connectivity index is 1.75. The first-order valence-electron chi connectivity index (χ1n) is 6.18. The largest absolute Gasteiger partial charge is 0.353 e. The second kappa shape index (κ2) is 6.69. The van der Waals surface area contributed by atoms with E-state index in [2.05, 4.69) is 20.8 Å². The second-order valence-corrected chi connectivity index (χ2v) is 5.25. The molecule has 18 heavy (non-hydrogen) atoms. The highest BCUT2D eigenvalue weighted by molar-refractivity contribution is 7.99. The van der Waals surface area contributed by atoms with Gasteiger partial charge in [-0.2, -0.15) is 0 Å². The minimum atomic E-state index is 0.0502. The zero-order valence-electron chi connectivity index (χ0n) is 10.2. The van der Waals surface area contributed by atoms with Gasteiger partial charge >= 0.3 is 0 Å². The van der Waals surface area contributed by atoms with Crippen LogP contribution >= 0.6 is 11.8 Å². The molecule has 1 aliphatic rings. The number of rotatable bonds is 6. The summed E-state index contributed by atoms with van der Waals surface area (Å²) in [5, 5.41) is 14.9. The Morgan fingerprint density at radius 3 is 3.00 bits per heavy atom. The molecule has 0 saturated heterocycles. The number of carbonyl (C=O) groups excluding carboxylic acids is 1. The molecule has 7 nitrogen and oxygen atoms in total. The Labute approximate surface area is 110 Å². The van der Waals surface area contributed by atoms with Crippen LogP contribution < -0.4 is 11.1 Å². The van der Waals surface area contributed by atoms with Crippen LogP contribution in [0.15, 0.2) is 5.16 Å². The van der Waals surface area contributed by atoms with E-state index in [1.54, 1.807) is 4.68 Å². The normalized spacial score (nSPS) is 16.1. The van der Waals surface area contributed by atoms with Crippen molar-refractivity contribution in [3.63, 3.8) is 0 Å². The summed E-state index contributed by atoms with van der Waals surface area (Å²) in [6.07, 6.45) is 4.63. The molecule has 3 N–H and O–H groups in total. The summed E-state index contributed by atoms with van der Waals surface area (Å²) >= 11 is 1.34. The molecule has 0 spiro atoms. The molecule has 0 aliphatic heterocycles. The summed E-state index contributed by atoms with van der Waals surface area (Å²) in [6, 6.07) is 0.359. The van der Waals surface area contributed by atoms with Gasteiger partial charge in [-0.05, 0) is 23.3 Å². The van der Waals surface area contributed by atoms with Crippen LogP contribution in [0, 0.1) is 0 Å². The molecule has 1 fully saturated rings. The molecule has 1 aromatic heterocycles. The van der Waals surface area contributed by atoms with E-state index >= 15 is 0 Å². The van der Waals surface area contributed by atoms with E-state index in [1.807, 2.05) is 0 Å². The van der Waals surface area contributed by atoms with Gasteiger partial charge in [0.2, 0.25) is 11.1 Å². The van der Waals surface area contributed by atoms with Crippen LogP contribution in [0.2, 0.25) is 0 Å². The SMILES string of the molecule is NCCn1nnnc1SCC(=O)NC1CCCC1. The highest BCUT2D eigenvalue weighted by atomic mass is 32.2. The van der Waals surface area contributed by atoms with E-state index in [9.17, 15) is 4.79 Å². The Hall–Kier alpha value is -1.15. The summed E-state index contributed by atoms with van der Waals surface area (Å²) in [6.45, 7) is 1.05. The lowest BCUT2D eigenvalue weighted by Gasteiger charge is -2.11. The number of nitrogens with one attached hydrogen (secondary N) is 1. The maximum atomic E-state index is 11.7. The van der Waals surface area contributed by atoms with Crippen molar-refractivity contribution in [1.82, 2.24) is 25.5 Å². The molecule has 2 rings (SSSR count). The van der Waals surface area contributed by atoms with Gasteiger partial charge in [0.05, 0.1) is 12.3 Å². The molecule has 1 heterocycles. The van der Waals surface area contributed by atoms with Crippen molar-refractivity contribution in [3.05, 3.63) is 0 Å². The molecule has 0 unspecified atom stereocenters. The Morgan fingerprint density at radius 1 is 1.50 bits per heavy atom. The number of thioether (sulfide) groups is 1. The first-order valence-corrected chi connectivity index (χ1v) is 7.16. The van der Waals surface area contributed by atoms with Crippen LogP contribution in [0.1, 0.15) is 25.7 Å².